The molecule has 0 fully saturated rings. The molecule has 0 radical (unpaired) electrons. The summed E-state index contributed by atoms with van der Waals surface area (Å²) in [5.74, 6) is -1.85. The Balaban J connectivity index is 0.00000105. The van der Waals surface area contributed by atoms with E-state index in [1.165, 1.54) is 0 Å². The Hall–Kier alpha value is -6.04. The lowest BCUT2D eigenvalue weighted by atomic mass is 9.78. The van der Waals surface area contributed by atoms with Crippen LogP contribution in [0, 0.1) is 0 Å². The number of aliphatic carboxylic acids is 4. The van der Waals surface area contributed by atoms with Gasteiger partial charge in [0.05, 0.1) is 0 Å². The fraction of sp³-hybridized carbons (Fsp3) is 0.594. The van der Waals surface area contributed by atoms with Gasteiger partial charge in [-0.25, -0.2) is 0 Å². The van der Waals surface area contributed by atoms with Crippen LogP contribution < -0.4 is 0 Å². The first-order valence-corrected chi connectivity index (χ1v) is 28.1. The van der Waals surface area contributed by atoms with Crippen molar-refractivity contribution >= 4 is 23.9 Å². The van der Waals surface area contributed by atoms with E-state index < -0.39 is 23.9 Å². The monoisotopic (exact) mass is 1130 g/mol. The van der Waals surface area contributed by atoms with E-state index >= 15 is 0 Å². The van der Waals surface area contributed by atoms with Gasteiger partial charge in [-0.15, -0.1) is 0 Å². The first kappa shape index (κ1) is 75.0. The normalized spacial score (nSPS) is 12.3. The zero-order valence-corrected chi connectivity index (χ0v) is 53.5. The minimum atomic E-state index is -0.798. The van der Waals surface area contributed by atoms with Crippen molar-refractivity contribution in [1.82, 2.24) is 0 Å². The average Bonchev–Trinajstić information content (AvgIpc) is 3.24. The molecule has 0 aliphatic heterocycles. The number of aromatic hydroxyl groups is 4. The van der Waals surface area contributed by atoms with Crippen molar-refractivity contribution in [3.05, 3.63) is 115 Å². The molecule has 0 amide bonds. The van der Waals surface area contributed by atoms with E-state index in [0.29, 0.717) is 48.7 Å². The molecule has 4 aromatic rings. The summed E-state index contributed by atoms with van der Waals surface area (Å²) in [5, 5.41) is 77.5. The van der Waals surface area contributed by atoms with Gasteiger partial charge in [-0.2, -0.15) is 0 Å². The lowest BCUT2D eigenvalue weighted by Crippen LogP contribution is -2.18. The standard InChI is InChI=1S/4C17H26O3.CH4/c4*1-16(2,3)12-9-11(7-8-14(18)19)10-13(15(12)20)17(4,5)6;/h4*9-10,20H,7-8H2,1-6H3,(H,18,19);1H4. The van der Waals surface area contributed by atoms with Gasteiger partial charge >= 0.3 is 23.9 Å². The van der Waals surface area contributed by atoms with E-state index in [-0.39, 0.29) is 76.4 Å². The Morgan fingerprint density at radius 1 is 0.259 bits per heavy atom. The molecule has 0 aliphatic carbocycles. The highest BCUT2D eigenvalue weighted by molar-refractivity contribution is 5.69. The third kappa shape index (κ3) is 24.1. The number of hydrogen-bond acceptors (Lipinski definition) is 8. The number of carbonyl (C=O) groups is 4. The maximum atomic E-state index is 10.8. The molecular formula is C69H108O12. The molecule has 4 aromatic carbocycles. The van der Waals surface area contributed by atoms with Gasteiger partial charge in [0.1, 0.15) is 23.0 Å². The number of hydrogen-bond donors (Lipinski definition) is 8. The van der Waals surface area contributed by atoms with E-state index in [1.54, 1.807) is 0 Å². The summed E-state index contributed by atoms with van der Waals surface area (Å²) in [7, 11) is 0. The average molecular weight is 1130 g/mol. The number of phenols is 4. The molecule has 12 heteroatoms. The summed E-state index contributed by atoms with van der Waals surface area (Å²) in [6.07, 6.45) is 2.39. The molecule has 0 aromatic heterocycles. The molecule has 12 nitrogen and oxygen atoms in total. The molecule has 0 bridgehead atoms. The number of carboxylic acids is 4. The van der Waals surface area contributed by atoms with E-state index in [9.17, 15) is 39.6 Å². The van der Waals surface area contributed by atoms with Crippen LogP contribution in [0.15, 0.2) is 48.5 Å². The van der Waals surface area contributed by atoms with Crippen molar-refractivity contribution in [1.29, 1.82) is 0 Å². The Morgan fingerprint density at radius 3 is 0.432 bits per heavy atom. The van der Waals surface area contributed by atoms with Crippen molar-refractivity contribution in [3.63, 3.8) is 0 Å². The van der Waals surface area contributed by atoms with Crippen LogP contribution in [0.1, 0.15) is 266 Å². The molecule has 456 valence electrons. The first-order chi connectivity index (χ1) is 35.7. The van der Waals surface area contributed by atoms with Crippen LogP contribution >= 0.6 is 0 Å². The van der Waals surface area contributed by atoms with Crippen molar-refractivity contribution in [2.75, 3.05) is 0 Å². The number of rotatable bonds is 12. The Morgan fingerprint density at radius 2 is 0.358 bits per heavy atom. The molecule has 0 aliphatic rings. The van der Waals surface area contributed by atoms with Crippen LogP contribution in [0.3, 0.4) is 0 Å². The van der Waals surface area contributed by atoms with Crippen LogP contribution in [-0.4, -0.2) is 64.7 Å². The first-order valence-electron chi connectivity index (χ1n) is 28.1. The Kier molecular flexibility index (Phi) is 26.2. The zero-order chi connectivity index (χ0) is 62.9. The van der Waals surface area contributed by atoms with Crippen LogP contribution in [-0.2, 0) is 88.2 Å². The van der Waals surface area contributed by atoms with Crippen LogP contribution in [0.5, 0.6) is 23.0 Å². The fourth-order valence-electron chi connectivity index (χ4n) is 8.93. The maximum absolute atomic E-state index is 10.8. The zero-order valence-electron chi connectivity index (χ0n) is 53.5. The number of carboxylic acid groups (broad SMARTS) is 4. The molecule has 0 heterocycles. The van der Waals surface area contributed by atoms with Gasteiger partial charge in [0, 0.05) is 25.7 Å². The Bertz CT molecular complexity index is 2250. The SMILES string of the molecule is C.CC(C)(C)c1cc(CCC(=O)O)cc(C(C)(C)C)c1O.CC(C)(C)c1cc(CCC(=O)O)cc(C(C)(C)C)c1O.CC(C)(C)c1cc(CCC(=O)O)cc(C(C)(C)C)c1O.CC(C)(C)c1cc(CCC(=O)O)cc(C(C)(C)C)c1O. The van der Waals surface area contributed by atoms with E-state index in [4.69, 9.17) is 20.4 Å². The highest BCUT2D eigenvalue weighted by atomic mass is 16.4. The van der Waals surface area contributed by atoms with Gasteiger partial charge in [-0.3, -0.25) is 19.2 Å². The van der Waals surface area contributed by atoms with Crippen molar-refractivity contribution < 1.29 is 60.0 Å². The Labute approximate surface area is 488 Å². The van der Waals surface area contributed by atoms with Crippen LogP contribution in [0.2, 0.25) is 0 Å². The fourth-order valence-corrected chi connectivity index (χ4v) is 8.93. The summed E-state index contributed by atoms with van der Waals surface area (Å²) in [4.78, 5) is 43.0. The minimum absolute atomic E-state index is 0. The molecule has 0 atom stereocenters. The molecule has 0 unspecified atom stereocenters. The molecule has 0 spiro atoms. The lowest BCUT2D eigenvalue weighted by Gasteiger charge is -2.28. The largest absolute Gasteiger partial charge is 0.507 e. The van der Waals surface area contributed by atoms with Gasteiger partial charge < -0.3 is 40.9 Å². The van der Waals surface area contributed by atoms with Gasteiger partial charge in [-0.1, -0.05) is 222 Å². The summed E-state index contributed by atoms with van der Waals surface area (Å²) in [5.41, 5.74) is 9.51. The van der Waals surface area contributed by atoms with Gasteiger partial charge in [0.25, 0.3) is 0 Å². The molecule has 4 rings (SSSR count). The summed E-state index contributed by atoms with van der Waals surface area (Å²) in [6.45, 7) is 49.2. The quantitative estimate of drug-likeness (QED) is 0.0662. The van der Waals surface area contributed by atoms with Crippen LogP contribution in [0.4, 0.5) is 0 Å². The van der Waals surface area contributed by atoms with Crippen molar-refractivity contribution in [2.45, 2.75) is 268 Å². The third-order valence-corrected chi connectivity index (χ3v) is 13.7. The topological polar surface area (TPSA) is 230 Å². The van der Waals surface area contributed by atoms with Gasteiger partial charge in [0.15, 0.2) is 0 Å². The number of phenolic OH excluding ortho intramolecular Hbond substituents is 4. The summed E-state index contributed by atoms with van der Waals surface area (Å²) in [6, 6.07) is 15.5. The van der Waals surface area contributed by atoms with E-state index in [2.05, 4.69) is 166 Å². The molecule has 81 heavy (non-hydrogen) atoms. The van der Waals surface area contributed by atoms with Gasteiger partial charge in [-0.05, 0) is 136 Å². The van der Waals surface area contributed by atoms with Crippen molar-refractivity contribution in [3.8, 4) is 23.0 Å². The lowest BCUT2D eigenvalue weighted by molar-refractivity contribution is -0.138. The number of benzene rings is 4. The van der Waals surface area contributed by atoms with Crippen LogP contribution in [0.25, 0.3) is 0 Å². The summed E-state index contributed by atoms with van der Waals surface area (Å²) >= 11 is 0. The van der Waals surface area contributed by atoms with E-state index in [0.717, 1.165) is 66.8 Å². The second kappa shape index (κ2) is 28.3. The molecule has 0 saturated carbocycles. The molecule has 8 N–H and O–H groups in total. The van der Waals surface area contributed by atoms with Gasteiger partial charge in [0.2, 0.25) is 0 Å². The maximum Gasteiger partial charge on any atom is 0.303 e. The molecular weight excluding hydrogens is 1020 g/mol. The third-order valence-electron chi connectivity index (χ3n) is 13.7. The smallest absolute Gasteiger partial charge is 0.303 e. The second-order valence-corrected chi connectivity index (χ2v) is 29.7. The van der Waals surface area contributed by atoms with E-state index in [1.807, 2.05) is 48.5 Å². The number of aryl methyl sites for hydroxylation is 4. The highest BCUT2D eigenvalue weighted by Crippen LogP contribution is 2.44. The highest BCUT2D eigenvalue weighted by Gasteiger charge is 2.31. The molecule has 0 saturated heterocycles. The summed E-state index contributed by atoms with van der Waals surface area (Å²) < 4.78 is 0. The predicted octanol–water partition coefficient (Wildman–Crippen LogP) is 16.7. The van der Waals surface area contributed by atoms with Crippen molar-refractivity contribution in [2.24, 2.45) is 0 Å². The predicted molar refractivity (Wildman–Crippen MR) is 333 cm³/mol. The minimum Gasteiger partial charge on any atom is -0.507 e. The second-order valence-electron chi connectivity index (χ2n) is 29.7.